The van der Waals surface area contributed by atoms with Crippen LogP contribution >= 0.6 is 0 Å². The third-order valence-corrected chi connectivity index (χ3v) is 6.09. The molecule has 194 valence electrons. The van der Waals surface area contributed by atoms with Gasteiger partial charge in [-0.3, -0.25) is 9.59 Å². The van der Waals surface area contributed by atoms with Crippen molar-refractivity contribution in [1.82, 2.24) is 10.2 Å². The molecule has 1 saturated heterocycles. The molecule has 2 heterocycles. The summed E-state index contributed by atoms with van der Waals surface area (Å²) in [7, 11) is 0. The van der Waals surface area contributed by atoms with Crippen LogP contribution in [-0.2, 0) is 23.9 Å². The van der Waals surface area contributed by atoms with Gasteiger partial charge in [0, 0.05) is 38.8 Å². The molecule has 2 aromatic carbocycles. The maximum Gasteiger partial charge on any atom is 0.339 e. The Kier molecular flexibility index (Phi) is 7.71. The van der Waals surface area contributed by atoms with Gasteiger partial charge in [-0.25, -0.2) is 14.0 Å². The van der Waals surface area contributed by atoms with E-state index >= 15 is 0 Å². The number of esters is 2. The fourth-order valence-corrected chi connectivity index (χ4v) is 4.10. The van der Waals surface area contributed by atoms with Gasteiger partial charge in [0.05, 0.1) is 23.4 Å². The minimum Gasteiger partial charge on any atom is -0.453 e. The number of cyclic esters (lactones) is 1. The summed E-state index contributed by atoms with van der Waals surface area (Å²) in [6, 6.07) is 10.7. The van der Waals surface area contributed by atoms with E-state index < -0.39 is 23.9 Å². The maximum atomic E-state index is 15.0. The average molecular weight is 511 g/mol. The predicted molar refractivity (Wildman–Crippen MR) is 133 cm³/mol. The van der Waals surface area contributed by atoms with Gasteiger partial charge in [0.2, 0.25) is 5.91 Å². The minimum absolute atomic E-state index is 0.148. The van der Waals surface area contributed by atoms with Crippen molar-refractivity contribution in [2.75, 3.05) is 50.0 Å². The van der Waals surface area contributed by atoms with E-state index in [2.05, 4.69) is 5.32 Å². The summed E-state index contributed by atoms with van der Waals surface area (Å²) in [6.45, 7) is 2.57. The molecule has 37 heavy (non-hydrogen) atoms. The fraction of sp³-hybridized carbons (Fsp3) is 0.308. The van der Waals surface area contributed by atoms with Crippen LogP contribution in [0.3, 0.4) is 0 Å². The number of ether oxygens (including phenoxy) is 2. The van der Waals surface area contributed by atoms with Gasteiger partial charge in [-0.2, -0.15) is 0 Å². The van der Waals surface area contributed by atoms with Crippen molar-refractivity contribution >= 4 is 40.7 Å². The molecule has 0 aromatic heterocycles. The molecule has 0 saturated carbocycles. The molecule has 1 atom stereocenters. The highest BCUT2D eigenvalue weighted by Crippen LogP contribution is 2.29. The molecular weight excluding hydrogens is 483 g/mol. The molecule has 1 fully saturated rings. The number of nitrogen functional groups attached to an aromatic ring is 1. The number of benzene rings is 2. The van der Waals surface area contributed by atoms with Gasteiger partial charge in [-0.05, 0) is 48.0 Å². The highest BCUT2D eigenvalue weighted by molar-refractivity contribution is 6.18. The molecule has 11 heteroatoms. The van der Waals surface area contributed by atoms with Crippen LogP contribution in [0, 0.1) is 5.82 Å². The Morgan fingerprint density at radius 1 is 1.11 bits per heavy atom. The highest BCUT2D eigenvalue weighted by Gasteiger charge is 2.28. The second-order valence-corrected chi connectivity index (χ2v) is 8.69. The molecule has 0 unspecified atom stereocenters. The van der Waals surface area contributed by atoms with Crippen LogP contribution in [0.2, 0.25) is 0 Å². The SMILES string of the molecule is CC(=O)NC[C@H]1C=C(c2ccc(N3CCN(C(=O)COC(=O)c4ccc(N)cc4)CC3)c(F)c2)C(=O)O1. The Bertz CT molecular complexity index is 1240. The number of nitrogens with two attached hydrogens (primary N) is 1. The van der Waals surface area contributed by atoms with E-state index in [4.69, 9.17) is 15.2 Å². The van der Waals surface area contributed by atoms with E-state index in [1.54, 1.807) is 35.2 Å². The summed E-state index contributed by atoms with van der Waals surface area (Å²) >= 11 is 0. The van der Waals surface area contributed by atoms with E-state index in [-0.39, 0.29) is 30.5 Å². The third-order valence-electron chi connectivity index (χ3n) is 6.09. The average Bonchev–Trinajstić information content (AvgIpc) is 3.26. The lowest BCUT2D eigenvalue weighted by Crippen LogP contribution is -2.50. The molecule has 0 spiro atoms. The molecule has 0 aliphatic carbocycles. The summed E-state index contributed by atoms with van der Waals surface area (Å²) in [5, 5.41) is 2.58. The molecule has 3 N–H and O–H groups in total. The number of nitrogens with zero attached hydrogens (tertiary/aromatic N) is 2. The zero-order chi connectivity index (χ0) is 26.5. The van der Waals surface area contributed by atoms with E-state index in [9.17, 15) is 23.6 Å². The first-order valence-corrected chi connectivity index (χ1v) is 11.7. The quantitative estimate of drug-likeness (QED) is 0.422. The van der Waals surface area contributed by atoms with E-state index in [0.717, 1.165) is 0 Å². The fourth-order valence-electron chi connectivity index (χ4n) is 4.10. The van der Waals surface area contributed by atoms with E-state index in [1.807, 2.05) is 4.90 Å². The summed E-state index contributed by atoms with van der Waals surface area (Å²) in [6.07, 6.45) is 0.961. The van der Waals surface area contributed by atoms with Crippen molar-refractivity contribution in [3.8, 4) is 0 Å². The number of nitrogens with one attached hydrogen (secondary N) is 1. The lowest BCUT2D eigenvalue weighted by Gasteiger charge is -2.36. The highest BCUT2D eigenvalue weighted by atomic mass is 19.1. The summed E-state index contributed by atoms with van der Waals surface area (Å²) in [4.78, 5) is 51.3. The Morgan fingerprint density at radius 3 is 2.46 bits per heavy atom. The second kappa shape index (κ2) is 11.1. The molecule has 10 nitrogen and oxygen atoms in total. The number of hydrogen-bond acceptors (Lipinski definition) is 8. The zero-order valence-electron chi connectivity index (χ0n) is 20.2. The number of anilines is 2. The van der Waals surface area contributed by atoms with Crippen molar-refractivity contribution in [2.24, 2.45) is 0 Å². The monoisotopic (exact) mass is 510 g/mol. The topological polar surface area (TPSA) is 131 Å². The number of carbonyl (C=O) groups excluding carboxylic acids is 4. The number of halogens is 1. The number of carbonyl (C=O) groups is 4. The Hall–Kier alpha value is -4.41. The van der Waals surface area contributed by atoms with Crippen molar-refractivity contribution < 1.29 is 33.0 Å². The van der Waals surface area contributed by atoms with Gasteiger partial charge in [0.25, 0.3) is 5.91 Å². The predicted octanol–water partition coefficient (Wildman–Crippen LogP) is 1.36. The number of piperazine rings is 1. The number of amides is 2. The van der Waals surface area contributed by atoms with Gasteiger partial charge in [-0.15, -0.1) is 0 Å². The smallest absolute Gasteiger partial charge is 0.339 e. The lowest BCUT2D eigenvalue weighted by molar-refractivity contribution is -0.138. The van der Waals surface area contributed by atoms with Crippen LogP contribution in [0.4, 0.5) is 15.8 Å². The Morgan fingerprint density at radius 2 is 1.81 bits per heavy atom. The third kappa shape index (κ3) is 6.24. The van der Waals surface area contributed by atoms with Crippen LogP contribution in [0.15, 0.2) is 48.5 Å². The molecular formula is C26H27FN4O6. The molecule has 2 amide bonds. The number of rotatable bonds is 7. The van der Waals surface area contributed by atoms with Crippen molar-refractivity contribution in [3.05, 3.63) is 65.5 Å². The lowest BCUT2D eigenvalue weighted by atomic mass is 10.0. The van der Waals surface area contributed by atoms with Crippen LogP contribution in [0.5, 0.6) is 0 Å². The molecule has 4 rings (SSSR count). The van der Waals surface area contributed by atoms with Gasteiger partial charge < -0.3 is 30.3 Å². The summed E-state index contributed by atoms with van der Waals surface area (Å²) < 4.78 is 25.3. The first-order valence-electron chi connectivity index (χ1n) is 11.7. The molecule has 2 aromatic rings. The second-order valence-electron chi connectivity index (χ2n) is 8.69. The van der Waals surface area contributed by atoms with Crippen LogP contribution in [-0.4, -0.2) is 74.1 Å². The van der Waals surface area contributed by atoms with Crippen LogP contribution in [0.1, 0.15) is 22.8 Å². The standard InChI is InChI=1S/C26H27FN4O6/c1-16(32)29-14-20-13-21(26(35)37-20)18-4-7-23(22(27)12-18)30-8-10-31(11-9-30)24(33)15-36-25(34)17-2-5-19(28)6-3-17/h2-7,12-13,20H,8-11,14-15,28H2,1H3,(H,29,32)/t20-/m1/s1. The zero-order valence-corrected chi connectivity index (χ0v) is 20.2. The molecule has 0 bridgehead atoms. The Labute approximate surface area is 212 Å². The summed E-state index contributed by atoms with van der Waals surface area (Å²) in [5.74, 6) is -2.27. The minimum atomic E-state index is -0.614. The van der Waals surface area contributed by atoms with E-state index in [0.29, 0.717) is 48.7 Å². The van der Waals surface area contributed by atoms with Crippen LogP contribution < -0.4 is 16.0 Å². The molecule has 2 aliphatic rings. The van der Waals surface area contributed by atoms with E-state index in [1.165, 1.54) is 25.1 Å². The van der Waals surface area contributed by atoms with Crippen molar-refractivity contribution in [1.29, 1.82) is 0 Å². The summed E-state index contributed by atoms with van der Waals surface area (Å²) in [5.41, 5.74) is 7.40. The van der Waals surface area contributed by atoms with Crippen molar-refractivity contribution in [2.45, 2.75) is 13.0 Å². The van der Waals surface area contributed by atoms with Gasteiger partial charge >= 0.3 is 11.9 Å². The number of hydrogen-bond donors (Lipinski definition) is 2. The normalized spacial score (nSPS) is 17.2. The largest absolute Gasteiger partial charge is 0.453 e. The van der Waals surface area contributed by atoms with Gasteiger partial charge in [0.1, 0.15) is 11.9 Å². The van der Waals surface area contributed by atoms with Crippen LogP contribution in [0.25, 0.3) is 5.57 Å². The Balaban J connectivity index is 1.30. The molecule has 0 radical (unpaired) electrons. The maximum absolute atomic E-state index is 15.0. The first-order chi connectivity index (χ1) is 17.7. The van der Waals surface area contributed by atoms with Crippen molar-refractivity contribution in [3.63, 3.8) is 0 Å². The first kappa shape index (κ1) is 25.7. The molecule has 2 aliphatic heterocycles. The van der Waals surface area contributed by atoms with Gasteiger partial charge in [-0.1, -0.05) is 6.07 Å². The van der Waals surface area contributed by atoms with Gasteiger partial charge in [0.15, 0.2) is 6.61 Å².